The molecule has 1 aromatic rings. The van der Waals surface area contributed by atoms with Crippen LogP contribution in [0, 0.1) is 0 Å². The molecular formula is C13H18N2O4S. The summed E-state index contributed by atoms with van der Waals surface area (Å²) in [7, 11) is -1.93. The van der Waals surface area contributed by atoms with E-state index in [2.05, 4.69) is 0 Å². The molecule has 7 heteroatoms. The molecule has 1 saturated heterocycles. The van der Waals surface area contributed by atoms with Crippen LogP contribution in [0.3, 0.4) is 0 Å². The number of sulfonamides is 1. The molecule has 0 radical (unpaired) electrons. The Morgan fingerprint density at radius 3 is 2.60 bits per heavy atom. The average Bonchev–Trinajstić information content (AvgIpc) is 2.79. The highest BCUT2D eigenvalue weighted by atomic mass is 32.2. The van der Waals surface area contributed by atoms with Gasteiger partial charge in [-0.25, -0.2) is 8.42 Å². The largest absolute Gasteiger partial charge is 0.383 e. The topological polar surface area (TPSA) is 66.9 Å². The number of carbonyl (C=O) groups is 1. The first-order chi connectivity index (χ1) is 9.53. The van der Waals surface area contributed by atoms with E-state index in [0.29, 0.717) is 13.2 Å². The minimum atomic E-state index is -3.47. The first-order valence-corrected chi connectivity index (χ1v) is 7.92. The second kappa shape index (κ2) is 6.34. The molecule has 20 heavy (non-hydrogen) atoms. The van der Waals surface area contributed by atoms with Crippen LogP contribution in [0.5, 0.6) is 0 Å². The number of ether oxygens (including phenoxy) is 1. The lowest BCUT2D eigenvalue weighted by Gasteiger charge is -2.17. The molecule has 0 aliphatic carbocycles. The second-order valence-electron chi connectivity index (χ2n) is 4.64. The predicted molar refractivity (Wildman–Crippen MR) is 74.2 cm³/mol. The van der Waals surface area contributed by atoms with Gasteiger partial charge in [0.15, 0.2) is 0 Å². The van der Waals surface area contributed by atoms with Gasteiger partial charge in [-0.05, 0) is 5.56 Å². The van der Waals surface area contributed by atoms with Crippen molar-refractivity contribution in [2.24, 2.45) is 0 Å². The number of methoxy groups -OCH3 is 1. The van der Waals surface area contributed by atoms with Crippen molar-refractivity contribution in [1.82, 2.24) is 9.21 Å². The first-order valence-electron chi connectivity index (χ1n) is 6.31. The third kappa shape index (κ3) is 3.56. The molecule has 0 aromatic heterocycles. The number of benzene rings is 1. The summed E-state index contributed by atoms with van der Waals surface area (Å²) >= 11 is 0. The molecule has 110 valence electrons. The first kappa shape index (κ1) is 15.0. The number of hydrogen-bond acceptors (Lipinski definition) is 4. The number of carbonyl (C=O) groups excluding carboxylic acids is 1. The van der Waals surface area contributed by atoms with Crippen LogP contribution >= 0.6 is 0 Å². The van der Waals surface area contributed by atoms with Gasteiger partial charge in [0, 0.05) is 13.7 Å². The average molecular weight is 298 g/mol. The van der Waals surface area contributed by atoms with Crippen molar-refractivity contribution in [1.29, 1.82) is 0 Å². The SMILES string of the molecule is COCCN1CN(S(=O)(=O)Cc2ccccc2)CC1=O. The zero-order valence-electron chi connectivity index (χ0n) is 11.4. The summed E-state index contributed by atoms with van der Waals surface area (Å²) in [5.41, 5.74) is 0.718. The molecule has 0 bridgehead atoms. The van der Waals surface area contributed by atoms with Crippen molar-refractivity contribution in [3.05, 3.63) is 35.9 Å². The van der Waals surface area contributed by atoms with E-state index in [1.165, 1.54) is 9.21 Å². The van der Waals surface area contributed by atoms with Crippen molar-refractivity contribution >= 4 is 15.9 Å². The predicted octanol–water partition coefficient (Wildman–Crippen LogP) is 0.264. The van der Waals surface area contributed by atoms with E-state index in [4.69, 9.17) is 4.74 Å². The van der Waals surface area contributed by atoms with Crippen LogP contribution in [0.15, 0.2) is 30.3 Å². The Balaban J connectivity index is 2.02. The van der Waals surface area contributed by atoms with E-state index in [-0.39, 0.29) is 24.9 Å². The van der Waals surface area contributed by atoms with Crippen LogP contribution < -0.4 is 0 Å². The van der Waals surface area contributed by atoms with Crippen molar-refractivity contribution in [3.63, 3.8) is 0 Å². The molecule has 1 aliphatic heterocycles. The Bertz CT molecular complexity index is 559. The van der Waals surface area contributed by atoms with Gasteiger partial charge in [0.2, 0.25) is 15.9 Å². The molecule has 1 aliphatic rings. The Hall–Kier alpha value is -1.44. The van der Waals surface area contributed by atoms with E-state index < -0.39 is 10.0 Å². The van der Waals surface area contributed by atoms with Crippen LogP contribution in [0.25, 0.3) is 0 Å². The Morgan fingerprint density at radius 1 is 1.25 bits per heavy atom. The van der Waals surface area contributed by atoms with Crippen molar-refractivity contribution < 1.29 is 17.9 Å². The van der Waals surface area contributed by atoms with Gasteiger partial charge in [-0.3, -0.25) is 4.79 Å². The van der Waals surface area contributed by atoms with E-state index in [1.54, 1.807) is 31.4 Å². The zero-order valence-corrected chi connectivity index (χ0v) is 12.2. The highest BCUT2D eigenvalue weighted by molar-refractivity contribution is 7.88. The van der Waals surface area contributed by atoms with Crippen LogP contribution in [0.2, 0.25) is 0 Å². The molecule has 6 nitrogen and oxygen atoms in total. The summed E-state index contributed by atoms with van der Waals surface area (Å²) in [6, 6.07) is 8.95. The van der Waals surface area contributed by atoms with Gasteiger partial charge in [0.05, 0.1) is 25.6 Å². The van der Waals surface area contributed by atoms with Crippen molar-refractivity contribution in [2.75, 3.05) is 33.5 Å². The van der Waals surface area contributed by atoms with Crippen LogP contribution in [-0.2, 0) is 25.3 Å². The molecule has 2 rings (SSSR count). The lowest BCUT2D eigenvalue weighted by atomic mass is 10.2. The molecule has 1 aromatic carbocycles. The molecule has 1 amide bonds. The summed E-state index contributed by atoms with van der Waals surface area (Å²) in [6.45, 7) is 0.835. The molecule has 0 unspecified atom stereocenters. The maximum atomic E-state index is 12.3. The van der Waals surface area contributed by atoms with E-state index in [9.17, 15) is 13.2 Å². The standard InChI is InChI=1S/C13H18N2O4S/c1-19-8-7-14-11-15(9-13(14)16)20(17,18)10-12-5-3-2-4-6-12/h2-6H,7-11H2,1H3. The van der Waals surface area contributed by atoms with Crippen molar-refractivity contribution in [2.45, 2.75) is 5.75 Å². The number of rotatable bonds is 6. The van der Waals surface area contributed by atoms with Gasteiger partial charge < -0.3 is 9.64 Å². The van der Waals surface area contributed by atoms with Gasteiger partial charge in [-0.15, -0.1) is 0 Å². The fraction of sp³-hybridized carbons (Fsp3) is 0.462. The molecule has 1 fully saturated rings. The summed E-state index contributed by atoms with van der Waals surface area (Å²) < 4.78 is 30.7. The van der Waals surface area contributed by atoms with Gasteiger partial charge in [-0.2, -0.15) is 4.31 Å². The van der Waals surface area contributed by atoms with Gasteiger partial charge in [-0.1, -0.05) is 30.3 Å². The maximum absolute atomic E-state index is 12.3. The zero-order chi connectivity index (χ0) is 14.6. The van der Waals surface area contributed by atoms with Gasteiger partial charge in [0.25, 0.3) is 0 Å². The fourth-order valence-electron chi connectivity index (χ4n) is 2.03. The monoisotopic (exact) mass is 298 g/mol. The maximum Gasteiger partial charge on any atom is 0.239 e. The van der Waals surface area contributed by atoms with E-state index in [0.717, 1.165) is 5.56 Å². The Kier molecular flexibility index (Phi) is 4.74. The second-order valence-corrected chi connectivity index (χ2v) is 6.61. The van der Waals surface area contributed by atoms with Crippen molar-refractivity contribution in [3.8, 4) is 0 Å². The van der Waals surface area contributed by atoms with Crippen LogP contribution in [0.1, 0.15) is 5.56 Å². The molecule has 0 atom stereocenters. The Morgan fingerprint density at radius 2 is 1.95 bits per heavy atom. The van der Waals surface area contributed by atoms with E-state index >= 15 is 0 Å². The normalized spacial score (nSPS) is 16.9. The molecule has 0 N–H and O–H groups in total. The third-order valence-corrected chi connectivity index (χ3v) is 4.87. The van der Waals surface area contributed by atoms with E-state index in [1.807, 2.05) is 6.07 Å². The highest BCUT2D eigenvalue weighted by Gasteiger charge is 2.34. The highest BCUT2D eigenvalue weighted by Crippen LogP contribution is 2.16. The lowest BCUT2D eigenvalue weighted by molar-refractivity contribution is -0.127. The fourth-order valence-corrected chi connectivity index (χ4v) is 3.45. The molecular weight excluding hydrogens is 280 g/mol. The van der Waals surface area contributed by atoms with Gasteiger partial charge in [0.1, 0.15) is 0 Å². The quantitative estimate of drug-likeness (QED) is 0.756. The minimum Gasteiger partial charge on any atom is -0.383 e. The molecule has 0 spiro atoms. The minimum absolute atomic E-state index is 0.0841. The Labute approximate surface area is 119 Å². The number of nitrogens with zero attached hydrogens (tertiary/aromatic N) is 2. The molecule has 1 heterocycles. The lowest BCUT2D eigenvalue weighted by Crippen LogP contribution is -2.33. The van der Waals surface area contributed by atoms with Gasteiger partial charge >= 0.3 is 0 Å². The number of amides is 1. The molecule has 0 saturated carbocycles. The summed E-state index contributed by atoms with van der Waals surface area (Å²) in [5, 5.41) is 0. The number of hydrogen-bond donors (Lipinski definition) is 0. The smallest absolute Gasteiger partial charge is 0.239 e. The summed E-state index contributed by atoms with van der Waals surface area (Å²) in [5.74, 6) is -0.266. The van der Waals surface area contributed by atoms with Crippen LogP contribution in [-0.4, -0.2) is 57.0 Å². The van der Waals surface area contributed by atoms with Crippen LogP contribution in [0.4, 0.5) is 0 Å². The summed E-state index contributed by atoms with van der Waals surface area (Å²) in [4.78, 5) is 13.2. The third-order valence-electron chi connectivity index (χ3n) is 3.14. The summed E-state index contributed by atoms with van der Waals surface area (Å²) in [6.07, 6.45) is 0.